The molecular formula is C11H9Cl2N3O. The number of carbonyl (C=O) groups excluding carboxylic acids is 1. The van der Waals surface area contributed by atoms with Crippen LogP contribution in [0.15, 0.2) is 17.1 Å². The number of nitrogens with zero attached hydrogens (tertiary/aromatic N) is 1. The number of fused-ring (bicyclic) bond motifs is 1. The quantitative estimate of drug-likeness (QED) is 0.598. The molecule has 1 heterocycles. The summed E-state index contributed by atoms with van der Waals surface area (Å²) in [4.78, 5) is 15.7. The third-order valence-corrected chi connectivity index (χ3v) is 3.10. The van der Waals surface area contributed by atoms with Gasteiger partial charge in [0.1, 0.15) is 11.7 Å². The molecule has 0 aliphatic carbocycles. The number of carbonyl (C=O) groups is 1. The minimum atomic E-state index is -0.277. The lowest BCUT2D eigenvalue weighted by molar-refractivity contribution is 0.0983. The fraction of sp³-hybridized carbons (Fsp3) is 0.182. The lowest BCUT2D eigenvalue weighted by Crippen LogP contribution is -2.22. The molecule has 0 spiro atoms. The van der Waals surface area contributed by atoms with Crippen LogP contribution in [0.3, 0.4) is 0 Å². The zero-order chi connectivity index (χ0) is 12.6. The second-order valence-corrected chi connectivity index (χ2v) is 4.34. The lowest BCUT2D eigenvalue weighted by atomic mass is 10.1. The molecule has 0 unspecified atom stereocenters. The number of hydrogen-bond donors (Lipinski definition) is 2. The smallest absolute Gasteiger partial charge is 0.257 e. The highest BCUT2D eigenvalue weighted by Gasteiger charge is 2.26. The number of benzene rings is 1. The third kappa shape index (κ3) is 2.18. The van der Waals surface area contributed by atoms with Gasteiger partial charge in [-0.15, -0.1) is 0 Å². The van der Waals surface area contributed by atoms with Crippen LogP contribution in [0.25, 0.3) is 0 Å². The van der Waals surface area contributed by atoms with Gasteiger partial charge in [0.25, 0.3) is 5.91 Å². The molecule has 1 amide bonds. The molecule has 1 aliphatic heterocycles. The summed E-state index contributed by atoms with van der Waals surface area (Å²) >= 11 is 11.7. The Labute approximate surface area is 108 Å². The Bertz CT molecular complexity index is 552. The zero-order valence-electron chi connectivity index (χ0n) is 8.97. The van der Waals surface area contributed by atoms with Crippen molar-refractivity contribution in [3.05, 3.63) is 33.3 Å². The van der Waals surface area contributed by atoms with Crippen LogP contribution in [0.1, 0.15) is 29.3 Å². The average molecular weight is 270 g/mol. The van der Waals surface area contributed by atoms with Crippen molar-refractivity contribution < 1.29 is 4.79 Å². The lowest BCUT2D eigenvalue weighted by Gasteiger charge is -2.01. The first-order valence-electron chi connectivity index (χ1n) is 4.99. The SMILES string of the molecule is CCC(=N)N=C1NC(=O)c2cc(Cl)c(Cl)cc21. The van der Waals surface area contributed by atoms with Gasteiger partial charge in [0.15, 0.2) is 0 Å². The van der Waals surface area contributed by atoms with Gasteiger partial charge in [0.2, 0.25) is 0 Å². The summed E-state index contributed by atoms with van der Waals surface area (Å²) in [5, 5.41) is 10.8. The summed E-state index contributed by atoms with van der Waals surface area (Å²) in [5.41, 5.74) is 1.02. The molecule has 2 rings (SSSR count). The van der Waals surface area contributed by atoms with E-state index in [-0.39, 0.29) is 11.7 Å². The monoisotopic (exact) mass is 269 g/mol. The van der Waals surface area contributed by atoms with Crippen LogP contribution in [-0.2, 0) is 0 Å². The predicted octanol–water partition coefficient (Wildman–Crippen LogP) is 2.87. The maximum atomic E-state index is 11.6. The standard InChI is InChI=1S/C11H9Cl2N3O/c1-2-9(14)15-10-5-3-7(12)8(13)4-6(5)11(17)16-10/h3-4H,2H2,1H3,(H2,14,15,16,17). The highest BCUT2D eigenvalue weighted by Crippen LogP contribution is 2.28. The van der Waals surface area contributed by atoms with Crippen LogP contribution >= 0.6 is 23.2 Å². The highest BCUT2D eigenvalue weighted by atomic mass is 35.5. The van der Waals surface area contributed by atoms with Crippen molar-refractivity contribution in [2.75, 3.05) is 0 Å². The molecule has 1 aliphatic rings. The van der Waals surface area contributed by atoms with Crippen LogP contribution < -0.4 is 5.32 Å². The van der Waals surface area contributed by atoms with E-state index in [9.17, 15) is 4.79 Å². The van der Waals surface area contributed by atoms with Gasteiger partial charge in [-0.05, 0) is 12.1 Å². The van der Waals surface area contributed by atoms with E-state index >= 15 is 0 Å². The van der Waals surface area contributed by atoms with Crippen molar-refractivity contribution >= 4 is 40.8 Å². The number of amides is 1. The molecule has 0 bridgehead atoms. The van der Waals surface area contributed by atoms with Crippen molar-refractivity contribution in [3.8, 4) is 0 Å². The van der Waals surface area contributed by atoms with E-state index < -0.39 is 0 Å². The molecule has 88 valence electrons. The van der Waals surface area contributed by atoms with Crippen molar-refractivity contribution in [2.24, 2.45) is 4.99 Å². The van der Waals surface area contributed by atoms with Crippen LogP contribution in [0.5, 0.6) is 0 Å². The van der Waals surface area contributed by atoms with Crippen LogP contribution in [-0.4, -0.2) is 17.6 Å². The van der Waals surface area contributed by atoms with Crippen molar-refractivity contribution in [3.63, 3.8) is 0 Å². The number of hydrogen-bond acceptors (Lipinski definition) is 2. The second kappa shape index (κ2) is 4.47. The molecule has 17 heavy (non-hydrogen) atoms. The number of amidine groups is 2. The van der Waals surface area contributed by atoms with Gasteiger partial charge in [0, 0.05) is 12.0 Å². The molecule has 0 saturated carbocycles. The number of aliphatic imine (C=N–C) groups is 1. The Hall–Kier alpha value is -1.39. The first kappa shape index (κ1) is 12.1. The molecule has 2 N–H and O–H groups in total. The Morgan fingerprint density at radius 3 is 2.53 bits per heavy atom. The minimum Gasteiger partial charge on any atom is -0.306 e. The second-order valence-electron chi connectivity index (χ2n) is 3.53. The maximum absolute atomic E-state index is 11.6. The molecule has 0 radical (unpaired) electrons. The maximum Gasteiger partial charge on any atom is 0.257 e. The van der Waals surface area contributed by atoms with E-state index in [0.717, 1.165) is 0 Å². The molecule has 0 fully saturated rings. The van der Waals surface area contributed by atoms with Crippen molar-refractivity contribution in [1.29, 1.82) is 5.41 Å². The highest BCUT2D eigenvalue weighted by molar-refractivity contribution is 6.43. The fourth-order valence-corrected chi connectivity index (χ4v) is 1.80. The van der Waals surface area contributed by atoms with E-state index in [2.05, 4.69) is 10.3 Å². The molecule has 0 aromatic heterocycles. The predicted molar refractivity (Wildman–Crippen MR) is 68.5 cm³/mol. The summed E-state index contributed by atoms with van der Waals surface area (Å²) < 4.78 is 0. The molecule has 1 aromatic rings. The Kier molecular flexibility index (Phi) is 3.17. The van der Waals surface area contributed by atoms with Gasteiger partial charge in [-0.3, -0.25) is 10.2 Å². The fourth-order valence-electron chi connectivity index (χ4n) is 1.48. The van der Waals surface area contributed by atoms with E-state index in [1.807, 2.05) is 6.92 Å². The summed E-state index contributed by atoms with van der Waals surface area (Å²) in [6.45, 7) is 1.82. The van der Waals surface area contributed by atoms with Gasteiger partial charge in [-0.2, -0.15) is 0 Å². The zero-order valence-corrected chi connectivity index (χ0v) is 10.5. The summed E-state index contributed by atoms with van der Waals surface area (Å²) in [5.74, 6) is 0.274. The Balaban J connectivity index is 2.54. The molecule has 0 saturated heterocycles. The summed E-state index contributed by atoms with van der Waals surface area (Å²) in [6, 6.07) is 3.09. The van der Waals surface area contributed by atoms with Crippen LogP contribution in [0.2, 0.25) is 10.0 Å². The van der Waals surface area contributed by atoms with Gasteiger partial charge >= 0.3 is 0 Å². The third-order valence-electron chi connectivity index (χ3n) is 2.37. The first-order chi connectivity index (χ1) is 8.02. The van der Waals surface area contributed by atoms with Gasteiger partial charge < -0.3 is 5.32 Å². The number of nitrogens with one attached hydrogen (secondary N) is 2. The average Bonchev–Trinajstić information content (AvgIpc) is 2.57. The van der Waals surface area contributed by atoms with Crippen molar-refractivity contribution in [2.45, 2.75) is 13.3 Å². The molecular weight excluding hydrogens is 261 g/mol. The Morgan fingerprint density at radius 2 is 1.94 bits per heavy atom. The normalized spacial score (nSPS) is 15.9. The van der Waals surface area contributed by atoms with E-state index in [1.165, 1.54) is 6.07 Å². The summed E-state index contributed by atoms with van der Waals surface area (Å²) in [7, 11) is 0. The molecule has 0 atom stereocenters. The molecule has 1 aromatic carbocycles. The molecule has 6 heteroatoms. The number of rotatable bonds is 1. The van der Waals surface area contributed by atoms with Gasteiger partial charge in [-0.1, -0.05) is 30.1 Å². The largest absolute Gasteiger partial charge is 0.306 e. The van der Waals surface area contributed by atoms with Crippen LogP contribution in [0.4, 0.5) is 0 Å². The van der Waals surface area contributed by atoms with Gasteiger partial charge in [-0.25, -0.2) is 4.99 Å². The Morgan fingerprint density at radius 1 is 1.35 bits per heavy atom. The van der Waals surface area contributed by atoms with Crippen LogP contribution in [0, 0.1) is 5.41 Å². The number of halogens is 2. The first-order valence-corrected chi connectivity index (χ1v) is 5.75. The topological polar surface area (TPSA) is 65.3 Å². The minimum absolute atomic E-state index is 0.194. The van der Waals surface area contributed by atoms with E-state index in [0.29, 0.717) is 33.4 Å². The van der Waals surface area contributed by atoms with Gasteiger partial charge in [0.05, 0.1) is 15.6 Å². The molecule has 4 nitrogen and oxygen atoms in total. The van der Waals surface area contributed by atoms with E-state index in [4.69, 9.17) is 28.6 Å². The van der Waals surface area contributed by atoms with E-state index in [1.54, 1.807) is 6.07 Å². The van der Waals surface area contributed by atoms with Crippen molar-refractivity contribution in [1.82, 2.24) is 5.32 Å². The summed E-state index contributed by atoms with van der Waals surface area (Å²) in [6.07, 6.45) is 0.496.